The van der Waals surface area contributed by atoms with Gasteiger partial charge in [-0.25, -0.2) is 0 Å². The van der Waals surface area contributed by atoms with Crippen LogP contribution in [0.1, 0.15) is 31.7 Å². The lowest BCUT2D eigenvalue weighted by Gasteiger charge is -2.00. The summed E-state index contributed by atoms with van der Waals surface area (Å²) in [5.74, 6) is 12.5. The molecule has 0 atom stereocenters. The number of unbranched alkanes of at least 4 members (excludes halogenated alkanes) is 2. The van der Waals surface area contributed by atoms with E-state index in [0.29, 0.717) is 0 Å². The molecule has 0 spiro atoms. The van der Waals surface area contributed by atoms with Crippen LogP contribution in [-0.4, -0.2) is 7.11 Å². The number of methoxy groups -OCH3 is 1. The Balaban J connectivity index is 2.64. The Kier molecular flexibility index (Phi) is 5.67. The molecule has 16 heavy (non-hydrogen) atoms. The minimum absolute atomic E-state index is 0.797. The standard InChI is InChI=1S/C15H16O/c1-3-4-5-6-7-8-11-14-12-9-10-13-15(14)16-2/h9-10,12-13H,3-5H2,1-2H3. The molecule has 1 aromatic carbocycles. The largest absolute Gasteiger partial charge is 0.495 e. The highest BCUT2D eigenvalue weighted by Gasteiger charge is 1.95. The highest BCUT2D eigenvalue weighted by molar-refractivity contribution is 5.48. The number of benzene rings is 1. The van der Waals surface area contributed by atoms with Gasteiger partial charge < -0.3 is 4.74 Å². The van der Waals surface area contributed by atoms with Crippen molar-refractivity contribution in [3.8, 4) is 29.4 Å². The molecule has 0 N–H and O–H groups in total. The molecule has 1 rings (SSSR count). The molecule has 0 saturated heterocycles. The van der Waals surface area contributed by atoms with Crippen LogP contribution in [-0.2, 0) is 0 Å². The topological polar surface area (TPSA) is 9.23 Å². The first-order valence-corrected chi connectivity index (χ1v) is 5.50. The van der Waals surface area contributed by atoms with Crippen molar-refractivity contribution in [2.75, 3.05) is 7.11 Å². The summed E-state index contributed by atoms with van der Waals surface area (Å²) in [5.41, 5.74) is 0.884. The molecule has 0 aliphatic rings. The minimum atomic E-state index is 0.797. The Morgan fingerprint density at radius 3 is 2.75 bits per heavy atom. The quantitative estimate of drug-likeness (QED) is 0.552. The zero-order valence-corrected chi connectivity index (χ0v) is 9.84. The maximum atomic E-state index is 5.19. The van der Waals surface area contributed by atoms with E-state index in [1.165, 1.54) is 6.42 Å². The molecule has 0 heterocycles. The van der Waals surface area contributed by atoms with Gasteiger partial charge in [0.1, 0.15) is 5.75 Å². The first-order valence-electron chi connectivity index (χ1n) is 5.50. The van der Waals surface area contributed by atoms with Crippen LogP contribution in [0, 0.1) is 23.7 Å². The van der Waals surface area contributed by atoms with E-state index in [1.54, 1.807) is 7.11 Å². The zero-order valence-electron chi connectivity index (χ0n) is 9.84. The summed E-state index contributed by atoms with van der Waals surface area (Å²) in [7, 11) is 1.65. The van der Waals surface area contributed by atoms with E-state index in [-0.39, 0.29) is 0 Å². The van der Waals surface area contributed by atoms with Gasteiger partial charge in [-0.05, 0) is 36.3 Å². The second-order valence-electron chi connectivity index (χ2n) is 3.36. The van der Waals surface area contributed by atoms with E-state index in [4.69, 9.17) is 4.74 Å². The van der Waals surface area contributed by atoms with Gasteiger partial charge in [0, 0.05) is 6.42 Å². The van der Waals surface area contributed by atoms with Gasteiger partial charge in [-0.3, -0.25) is 0 Å². The van der Waals surface area contributed by atoms with Gasteiger partial charge in [0.2, 0.25) is 0 Å². The first kappa shape index (κ1) is 12.2. The highest BCUT2D eigenvalue weighted by Crippen LogP contribution is 2.15. The van der Waals surface area contributed by atoms with Crippen molar-refractivity contribution >= 4 is 0 Å². The van der Waals surface area contributed by atoms with Crippen molar-refractivity contribution in [1.82, 2.24) is 0 Å². The van der Waals surface area contributed by atoms with E-state index in [9.17, 15) is 0 Å². The van der Waals surface area contributed by atoms with Crippen molar-refractivity contribution < 1.29 is 4.74 Å². The second-order valence-corrected chi connectivity index (χ2v) is 3.36. The molecule has 0 amide bonds. The van der Waals surface area contributed by atoms with Crippen LogP contribution in [0.5, 0.6) is 5.75 Å². The summed E-state index contributed by atoms with van der Waals surface area (Å²) >= 11 is 0. The molecular formula is C15H16O. The number of ether oxygens (including phenoxy) is 1. The summed E-state index contributed by atoms with van der Waals surface area (Å²) in [6.45, 7) is 2.15. The van der Waals surface area contributed by atoms with Crippen LogP contribution < -0.4 is 4.74 Å². The molecule has 82 valence electrons. The summed E-state index contributed by atoms with van der Waals surface area (Å²) in [6, 6.07) is 7.70. The fourth-order valence-electron chi connectivity index (χ4n) is 1.22. The van der Waals surface area contributed by atoms with Gasteiger partial charge >= 0.3 is 0 Å². The van der Waals surface area contributed by atoms with Crippen LogP contribution in [0.2, 0.25) is 0 Å². The third-order valence-corrected chi connectivity index (χ3v) is 2.11. The number of rotatable bonds is 3. The fourth-order valence-corrected chi connectivity index (χ4v) is 1.22. The third-order valence-electron chi connectivity index (χ3n) is 2.11. The second kappa shape index (κ2) is 7.43. The molecule has 0 fully saturated rings. The summed E-state index contributed by atoms with van der Waals surface area (Å²) in [6.07, 6.45) is 3.25. The molecule has 1 heteroatoms. The van der Waals surface area contributed by atoms with Gasteiger partial charge in [-0.15, -0.1) is 0 Å². The van der Waals surface area contributed by atoms with Crippen molar-refractivity contribution in [3.05, 3.63) is 29.8 Å². The monoisotopic (exact) mass is 212 g/mol. The van der Waals surface area contributed by atoms with Crippen LogP contribution in [0.3, 0.4) is 0 Å². The predicted molar refractivity (Wildman–Crippen MR) is 67.2 cm³/mol. The minimum Gasteiger partial charge on any atom is -0.495 e. The van der Waals surface area contributed by atoms with Gasteiger partial charge in [-0.1, -0.05) is 31.4 Å². The third kappa shape index (κ3) is 4.11. The molecule has 0 radical (unpaired) electrons. The van der Waals surface area contributed by atoms with Gasteiger partial charge in [0.15, 0.2) is 0 Å². The summed E-state index contributed by atoms with van der Waals surface area (Å²) in [5, 5.41) is 0. The van der Waals surface area contributed by atoms with E-state index in [1.807, 2.05) is 24.3 Å². The van der Waals surface area contributed by atoms with Crippen molar-refractivity contribution in [2.45, 2.75) is 26.2 Å². The van der Waals surface area contributed by atoms with Crippen molar-refractivity contribution in [3.63, 3.8) is 0 Å². The number of para-hydroxylation sites is 1. The average Bonchev–Trinajstić information content (AvgIpc) is 2.34. The Morgan fingerprint density at radius 2 is 2.00 bits per heavy atom. The van der Waals surface area contributed by atoms with Gasteiger partial charge in [0.05, 0.1) is 12.7 Å². The molecule has 0 unspecified atom stereocenters. The van der Waals surface area contributed by atoms with Crippen molar-refractivity contribution in [2.24, 2.45) is 0 Å². The van der Waals surface area contributed by atoms with E-state index in [0.717, 1.165) is 24.2 Å². The van der Waals surface area contributed by atoms with Gasteiger partial charge in [-0.2, -0.15) is 0 Å². The molecule has 0 aliphatic heterocycles. The Hall–Kier alpha value is -1.86. The van der Waals surface area contributed by atoms with Crippen LogP contribution in [0.25, 0.3) is 0 Å². The molecule has 0 aliphatic carbocycles. The molecule has 0 bridgehead atoms. The zero-order chi connectivity index (χ0) is 11.6. The maximum absolute atomic E-state index is 5.19. The van der Waals surface area contributed by atoms with Crippen LogP contribution in [0.15, 0.2) is 24.3 Å². The molecule has 1 nitrogen and oxygen atoms in total. The van der Waals surface area contributed by atoms with Crippen LogP contribution >= 0.6 is 0 Å². The Labute approximate surface area is 97.8 Å². The smallest absolute Gasteiger partial charge is 0.134 e. The Morgan fingerprint density at radius 1 is 1.19 bits per heavy atom. The van der Waals surface area contributed by atoms with E-state index < -0.39 is 0 Å². The van der Waals surface area contributed by atoms with Gasteiger partial charge in [0.25, 0.3) is 0 Å². The van der Waals surface area contributed by atoms with E-state index >= 15 is 0 Å². The first-order chi connectivity index (χ1) is 7.88. The molecular weight excluding hydrogens is 196 g/mol. The summed E-state index contributed by atoms with van der Waals surface area (Å²) in [4.78, 5) is 0. The SMILES string of the molecule is CCCCC#CC#Cc1ccccc1OC. The van der Waals surface area contributed by atoms with Crippen molar-refractivity contribution in [1.29, 1.82) is 0 Å². The number of hydrogen-bond donors (Lipinski definition) is 0. The predicted octanol–water partition coefficient (Wildman–Crippen LogP) is 3.24. The lowest BCUT2D eigenvalue weighted by Crippen LogP contribution is -1.85. The average molecular weight is 212 g/mol. The van der Waals surface area contributed by atoms with E-state index in [2.05, 4.69) is 30.6 Å². The number of hydrogen-bond acceptors (Lipinski definition) is 1. The van der Waals surface area contributed by atoms with Crippen LogP contribution in [0.4, 0.5) is 0 Å². The highest BCUT2D eigenvalue weighted by atomic mass is 16.5. The maximum Gasteiger partial charge on any atom is 0.134 e. The summed E-state index contributed by atoms with van der Waals surface area (Å²) < 4.78 is 5.19. The fraction of sp³-hybridized carbons (Fsp3) is 0.333. The molecule has 0 aromatic heterocycles. The lowest BCUT2D eigenvalue weighted by molar-refractivity contribution is 0.413. The molecule has 1 aromatic rings. The normalized spacial score (nSPS) is 8.38. The molecule has 0 saturated carbocycles. The lowest BCUT2D eigenvalue weighted by atomic mass is 10.2. The Bertz CT molecular complexity index is 438.